The number of amides is 1. The van der Waals surface area contributed by atoms with E-state index < -0.39 is 0 Å². The Bertz CT molecular complexity index is 932. The lowest BCUT2D eigenvalue weighted by Gasteiger charge is -2.11. The molecule has 0 unspecified atom stereocenters. The van der Waals surface area contributed by atoms with E-state index in [2.05, 4.69) is 20.4 Å². The molecule has 25 heavy (non-hydrogen) atoms. The van der Waals surface area contributed by atoms with Crippen molar-refractivity contribution in [3.63, 3.8) is 0 Å². The van der Waals surface area contributed by atoms with E-state index in [1.165, 1.54) is 0 Å². The van der Waals surface area contributed by atoms with Crippen LogP contribution in [0.1, 0.15) is 10.4 Å². The van der Waals surface area contributed by atoms with Crippen molar-refractivity contribution in [2.75, 3.05) is 37.2 Å². The fourth-order valence-corrected chi connectivity index (χ4v) is 2.37. The van der Waals surface area contributed by atoms with Crippen LogP contribution in [0.3, 0.4) is 0 Å². The zero-order valence-corrected chi connectivity index (χ0v) is 14.4. The first-order valence-corrected chi connectivity index (χ1v) is 7.53. The van der Waals surface area contributed by atoms with Gasteiger partial charge < -0.3 is 20.7 Å². The summed E-state index contributed by atoms with van der Waals surface area (Å²) < 4.78 is 6.65. The molecule has 130 valence electrons. The van der Waals surface area contributed by atoms with E-state index in [1.807, 2.05) is 14.1 Å². The van der Waals surface area contributed by atoms with Crippen LogP contribution < -0.4 is 20.7 Å². The number of nitrogens with zero attached hydrogens (tertiary/aromatic N) is 5. The normalized spacial score (nSPS) is 10.7. The van der Waals surface area contributed by atoms with Gasteiger partial charge in [0.25, 0.3) is 5.91 Å². The number of rotatable bonds is 4. The van der Waals surface area contributed by atoms with Crippen LogP contribution in [0.2, 0.25) is 0 Å². The summed E-state index contributed by atoms with van der Waals surface area (Å²) in [6.07, 6.45) is 0. The van der Waals surface area contributed by atoms with Crippen molar-refractivity contribution in [2.24, 2.45) is 7.05 Å². The monoisotopic (exact) mass is 341 g/mol. The molecule has 0 atom stereocenters. The molecule has 0 radical (unpaired) electrons. The summed E-state index contributed by atoms with van der Waals surface area (Å²) in [5.74, 6) is 1.42. The van der Waals surface area contributed by atoms with Gasteiger partial charge in [-0.15, -0.1) is 0 Å². The zero-order valence-electron chi connectivity index (χ0n) is 14.4. The maximum atomic E-state index is 12.5. The lowest BCUT2D eigenvalue weighted by Crippen LogP contribution is -2.14. The minimum atomic E-state index is -0.307. The predicted molar refractivity (Wildman–Crippen MR) is 96.0 cm³/mol. The van der Waals surface area contributed by atoms with Crippen molar-refractivity contribution < 1.29 is 9.53 Å². The Hall–Kier alpha value is -3.36. The third-order valence-electron chi connectivity index (χ3n) is 3.68. The summed E-state index contributed by atoms with van der Waals surface area (Å²) in [6, 6.07) is 6.77. The number of carbonyl (C=O) groups excluding carboxylic acids is 1. The molecule has 0 spiro atoms. The molecule has 9 heteroatoms. The first-order valence-electron chi connectivity index (χ1n) is 7.53. The predicted octanol–water partition coefficient (Wildman–Crippen LogP) is 1.27. The number of methoxy groups -OCH3 is 1. The molecule has 0 aliphatic carbocycles. The average molecular weight is 341 g/mol. The second-order valence-corrected chi connectivity index (χ2v) is 5.66. The number of nitrogens with two attached hydrogens (primary N) is 1. The summed E-state index contributed by atoms with van der Waals surface area (Å²) >= 11 is 0. The summed E-state index contributed by atoms with van der Waals surface area (Å²) in [4.78, 5) is 22.9. The molecule has 1 amide bonds. The second-order valence-electron chi connectivity index (χ2n) is 5.66. The highest BCUT2D eigenvalue weighted by atomic mass is 16.5. The molecule has 2 heterocycles. The summed E-state index contributed by atoms with van der Waals surface area (Å²) in [5, 5.41) is 7.58. The highest BCUT2D eigenvalue weighted by Crippen LogP contribution is 2.27. The molecule has 0 fully saturated rings. The van der Waals surface area contributed by atoms with Crippen molar-refractivity contribution in [3.8, 4) is 5.75 Å². The van der Waals surface area contributed by atoms with Crippen molar-refractivity contribution in [1.29, 1.82) is 0 Å². The molecule has 3 rings (SSSR count). The standard InChI is InChI=1S/C16H19N7O2/c1-22(2)16-18-12(17)11-13(21-23(3)14(11)20-16)19-15(24)9-5-7-10(25-4)8-6-9/h5-8H,1-4H3,(H2,17,18,20)(H,19,21,24). The second kappa shape index (κ2) is 6.27. The van der Waals surface area contributed by atoms with Crippen LogP contribution in [-0.4, -0.2) is 46.9 Å². The van der Waals surface area contributed by atoms with E-state index in [0.29, 0.717) is 34.1 Å². The molecular formula is C16H19N7O2. The smallest absolute Gasteiger partial charge is 0.256 e. The topological polar surface area (TPSA) is 111 Å². The number of ether oxygens (including phenoxy) is 1. The highest BCUT2D eigenvalue weighted by Gasteiger charge is 2.19. The number of benzene rings is 1. The summed E-state index contributed by atoms with van der Waals surface area (Å²) in [7, 11) is 6.95. The molecule has 3 N–H and O–H groups in total. The average Bonchev–Trinajstić information content (AvgIpc) is 2.91. The lowest BCUT2D eigenvalue weighted by molar-refractivity contribution is 0.102. The molecule has 0 bridgehead atoms. The van der Waals surface area contributed by atoms with Crippen molar-refractivity contribution in [1.82, 2.24) is 19.7 Å². The number of aromatic nitrogens is 4. The van der Waals surface area contributed by atoms with Crippen LogP contribution in [-0.2, 0) is 7.05 Å². The van der Waals surface area contributed by atoms with Crippen molar-refractivity contribution in [2.45, 2.75) is 0 Å². The van der Waals surface area contributed by atoms with Gasteiger partial charge in [-0.05, 0) is 24.3 Å². The van der Waals surface area contributed by atoms with Gasteiger partial charge in [-0.1, -0.05) is 0 Å². The fourth-order valence-electron chi connectivity index (χ4n) is 2.37. The summed E-state index contributed by atoms with van der Waals surface area (Å²) in [6.45, 7) is 0. The zero-order chi connectivity index (χ0) is 18.1. The van der Waals surface area contributed by atoms with Gasteiger partial charge in [-0.3, -0.25) is 4.79 Å². The van der Waals surface area contributed by atoms with E-state index in [0.717, 1.165) is 0 Å². The SMILES string of the molecule is COc1ccc(C(=O)Nc2nn(C)c3nc(N(C)C)nc(N)c23)cc1. The molecule has 3 aromatic rings. The maximum Gasteiger partial charge on any atom is 0.256 e. The van der Waals surface area contributed by atoms with E-state index >= 15 is 0 Å². The molecule has 0 saturated carbocycles. The number of fused-ring (bicyclic) bond motifs is 1. The van der Waals surface area contributed by atoms with Crippen molar-refractivity contribution >= 4 is 34.5 Å². The largest absolute Gasteiger partial charge is 0.497 e. The Balaban J connectivity index is 1.97. The van der Waals surface area contributed by atoms with Crippen LogP contribution in [0.5, 0.6) is 5.75 Å². The van der Waals surface area contributed by atoms with Gasteiger partial charge in [0.2, 0.25) is 5.95 Å². The van der Waals surface area contributed by atoms with Gasteiger partial charge in [0.05, 0.1) is 7.11 Å². The Morgan fingerprint density at radius 1 is 1.24 bits per heavy atom. The first kappa shape index (κ1) is 16.5. The number of nitrogens with one attached hydrogen (secondary N) is 1. The van der Waals surface area contributed by atoms with E-state index in [1.54, 1.807) is 48.0 Å². The highest BCUT2D eigenvalue weighted by molar-refractivity contribution is 6.09. The Labute approximate surface area is 144 Å². The van der Waals surface area contributed by atoms with Crippen LogP contribution in [0, 0.1) is 0 Å². The number of nitrogen functional groups attached to an aromatic ring is 1. The van der Waals surface area contributed by atoms with E-state index in [-0.39, 0.29) is 11.7 Å². The van der Waals surface area contributed by atoms with Crippen LogP contribution >= 0.6 is 0 Å². The number of hydrogen-bond donors (Lipinski definition) is 2. The molecule has 0 aliphatic heterocycles. The molecule has 2 aromatic heterocycles. The van der Waals surface area contributed by atoms with Crippen LogP contribution in [0.25, 0.3) is 11.0 Å². The number of hydrogen-bond acceptors (Lipinski definition) is 7. The van der Waals surface area contributed by atoms with Gasteiger partial charge in [-0.2, -0.15) is 15.1 Å². The molecule has 9 nitrogen and oxygen atoms in total. The Morgan fingerprint density at radius 2 is 1.92 bits per heavy atom. The third kappa shape index (κ3) is 3.03. The quantitative estimate of drug-likeness (QED) is 0.735. The van der Waals surface area contributed by atoms with Gasteiger partial charge in [0.15, 0.2) is 11.5 Å². The molecule has 0 saturated heterocycles. The Kier molecular flexibility index (Phi) is 4.14. The lowest BCUT2D eigenvalue weighted by atomic mass is 10.2. The fraction of sp³-hybridized carbons (Fsp3) is 0.250. The van der Waals surface area contributed by atoms with Gasteiger partial charge in [0, 0.05) is 26.7 Å². The van der Waals surface area contributed by atoms with Gasteiger partial charge in [-0.25, -0.2) is 4.68 Å². The van der Waals surface area contributed by atoms with Crippen LogP contribution in [0.15, 0.2) is 24.3 Å². The number of anilines is 3. The van der Waals surface area contributed by atoms with E-state index in [9.17, 15) is 4.79 Å². The minimum absolute atomic E-state index is 0.256. The molecule has 1 aromatic carbocycles. The summed E-state index contributed by atoms with van der Waals surface area (Å²) in [5.41, 5.74) is 7.08. The number of carbonyl (C=O) groups is 1. The van der Waals surface area contributed by atoms with Crippen molar-refractivity contribution in [3.05, 3.63) is 29.8 Å². The minimum Gasteiger partial charge on any atom is -0.497 e. The van der Waals surface area contributed by atoms with Gasteiger partial charge >= 0.3 is 0 Å². The van der Waals surface area contributed by atoms with E-state index in [4.69, 9.17) is 10.5 Å². The first-order chi connectivity index (χ1) is 11.9. The molecular weight excluding hydrogens is 322 g/mol. The third-order valence-corrected chi connectivity index (χ3v) is 3.68. The van der Waals surface area contributed by atoms with Crippen LogP contribution in [0.4, 0.5) is 17.6 Å². The van der Waals surface area contributed by atoms with Gasteiger partial charge in [0.1, 0.15) is 17.0 Å². The Morgan fingerprint density at radius 3 is 2.52 bits per heavy atom. The molecule has 0 aliphatic rings. The number of aryl methyl sites for hydroxylation is 1. The maximum absolute atomic E-state index is 12.5.